The third-order valence-electron chi connectivity index (χ3n) is 3.54. The van der Waals surface area contributed by atoms with Crippen LogP contribution in [0, 0.1) is 0 Å². The van der Waals surface area contributed by atoms with Gasteiger partial charge in [0.25, 0.3) is 0 Å². The maximum atomic E-state index is 6.13. The molecule has 1 aromatic carbocycles. The first-order valence-electron chi connectivity index (χ1n) is 6.87. The fraction of sp³-hybridized carbons (Fsp3) is 0.312. The lowest BCUT2D eigenvalue weighted by molar-refractivity contribution is 0.513. The summed E-state index contributed by atoms with van der Waals surface area (Å²) >= 11 is 8.05. The van der Waals surface area contributed by atoms with Gasteiger partial charge in [-0.1, -0.05) is 17.7 Å². The van der Waals surface area contributed by atoms with Gasteiger partial charge in [-0.25, -0.2) is 0 Å². The van der Waals surface area contributed by atoms with Gasteiger partial charge in [-0.3, -0.25) is 4.98 Å². The Labute approximate surface area is 129 Å². The highest BCUT2D eigenvalue weighted by molar-refractivity contribution is 7.99. The predicted octanol–water partition coefficient (Wildman–Crippen LogP) is 4.10. The topological polar surface area (TPSA) is 24.9 Å². The van der Waals surface area contributed by atoms with E-state index in [0.29, 0.717) is 6.04 Å². The highest BCUT2D eigenvalue weighted by Crippen LogP contribution is 2.37. The Morgan fingerprint density at radius 2 is 2.30 bits per heavy atom. The lowest BCUT2D eigenvalue weighted by Gasteiger charge is -2.26. The average Bonchev–Trinajstić information content (AvgIpc) is 2.49. The molecule has 0 saturated heterocycles. The Hall–Kier alpha value is -1.03. The normalized spacial score (nSPS) is 17.8. The Kier molecular flexibility index (Phi) is 4.61. The fourth-order valence-corrected chi connectivity index (χ4v) is 3.80. The van der Waals surface area contributed by atoms with Crippen LogP contribution in [0.3, 0.4) is 0 Å². The van der Waals surface area contributed by atoms with Crippen molar-refractivity contribution >= 4 is 23.4 Å². The Balaban J connectivity index is 1.63. The number of pyridine rings is 1. The second-order valence-electron chi connectivity index (χ2n) is 4.94. The highest BCUT2D eigenvalue weighted by Gasteiger charge is 2.20. The van der Waals surface area contributed by atoms with Crippen molar-refractivity contribution in [3.63, 3.8) is 0 Å². The predicted molar refractivity (Wildman–Crippen MR) is 85.5 cm³/mol. The van der Waals surface area contributed by atoms with Gasteiger partial charge in [-0.15, -0.1) is 11.8 Å². The van der Waals surface area contributed by atoms with Crippen molar-refractivity contribution in [2.45, 2.75) is 23.8 Å². The van der Waals surface area contributed by atoms with Crippen molar-refractivity contribution in [1.29, 1.82) is 0 Å². The molecule has 2 nitrogen and oxygen atoms in total. The average molecular weight is 305 g/mol. The monoisotopic (exact) mass is 304 g/mol. The number of fused-ring (bicyclic) bond motifs is 1. The summed E-state index contributed by atoms with van der Waals surface area (Å²) in [6, 6.07) is 10.7. The molecule has 0 aliphatic carbocycles. The van der Waals surface area contributed by atoms with Crippen LogP contribution in [0.1, 0.15) is 23.6 Å². The quantitative estimate of drug-likeness (QED) is 0.920. The molecule has 2 heterocycles. The summed E-state index contributed by atoms with van der Waals surface area (Å²) in [6.07, 6.45) is 5.91. The Morgan fingerprint density at radius 1 is 1.35 bits per heavy atom. The number of aromatic nitrogens is 1. The molecule has 4 heteroatoms. The van der Waals surface area contributed by atoms with E-state index in [9.17, 15) is 0 Å². The van der Waals surface area contributed by atoms with Crippen LogP contribution in [0.4, 0.5) is 0 Å². The van der Waals surface area contributed by atoms with E-state index in [2.05, 4.69) is 28.5 Å². The molecule has 1 aromatic heterocycles. The Morgan fingerprint density at radius 3 is 3.15 bits per heavy atom. The van der Waals surface area contributed by atoms with Gasteiger partial charge in [-0.2, -0.15) is 0 Å². The zero-order chi connectivity index (χ0) is 13.8. The molecular formula is C16H17ClN2S. The number of nitrogens with one attached hydrogen (secondary N) is 1. The van der Waals surface area contributed by atoms with Crippen LogP contribution < -0.4 is 5.32 Å². The van der Waals surface area contributed by atoms with Crippen molar-refractivity contribution in [2.24, 2.45) is 0 Å². The number of halogens is 1. The first kappa shape index (κ1) is 13.9. The summed E-state index contributed by atoms with van der Waals surface area (Å²) in [5.74, 6) is 1.17. The summed E-state index contributed by atoms with van der Waals surface area (Å²) in [7, 11) is 0. The van der Waals surface area contributed by atoms with E-state index in [4.69, 9.17) is 11.6 Å². The van der Waals surface area contributed by atoms with Gasteiger partial charge < -0.3 is 5.32 Å². The number of nitrogens with zero attached hydrogens (tertiary/aromatic N) is 1. The first-order valence-corrected chi connectivity index (χ1v) is 8.24. The van der Waals surface area contributed by atoms with Crippen molar-refractivity contribution < 1.29 is 0 Å². The van der Waals surface area contributed by atoms with Gasteiger partial charge in [0.15, 0.2) is 0 Å². The molecule has 1 aliphatic rings. The van der Waals surface area contributed by atoms with Crippen molar-refractivity contribution in [2.75, 3.05) is 12.3 Å². The molecule has 0 radical (unpaired) electrons. The minimum absolute atomic E-state index is 0.418. The van der Waals surface area contributed by atoms with E-state index in [1.165, 1.54) is 21.8 Å². The summed E-state index contributed by atoms with van der Waals surface area (Å²) in [5.41, 5.74) is 2.62. The van der Waals surface area contributed by atoms with Crippen LogP contribution in [0.15, 0.2) is 47.6 Å². The molecule has 3 rings (SSSR count). The maximum Gasteiger partial charge on any atom is 0.0410 e. The number of thioether (sulfide) groups is 1. The second kappa shape index (κ2) is 6.61. The van der Waals surface area contributed by atoms with E-state index in [1.54, 1.807) is 0 Å². The second-order valence-corrected chi connectivity index (χ2v) is 6.51. The summed E-state index contributed by atoms with van der Waals surface area (Å²) < 4.78 is 0. The minimum Gasteiger partial charge on any atom is -0.310 e. The van der Waals surface area contributed by atoms with Crippen LogP contribution in [0.25, 0.3) is 0 Å². The third-order valence-corrected chi connectivity index (χ3v) is 4.90. The van der Waals surface area contributed by atoms with Gasteiger partial charge >= 0.3 is 0 Å². The highest BCUT2D eigenvalue weighted by atomic mass is 35.5. The van der Waals surface area contributed by atoms with Gasteiger partial charge in [0, 0.05) is 28.4 Å². The number of hydrogen-bond acceptors (Lipinski definition) is 3. The van der Waals surface area contributed by atoms with Gasteiger partial charge in [0.1, 0.15) is 0 Å². The van der Waals surface area contributed by atoms with E-state index >= 15 is 0 Å². The molecular weight excluding hydrogens is 288 g/mol. The number of benzene rings is 1. The van der Waals surface area contributed by atoms with Crippen molar-refractivity contribution in [3.8, 4) is 0 Å². The molecule has 2 aromatic rings. The first-order chi connectivity index (χ1) is 9.83. The zero-order valence-corrected chi connectivity index (χ0v) is 12.8. The molecule has 1 aliphatic heterocycles. The van der Waals surface area contributed by atoms with Crippen molar-refractivity contribution in [1.82, 2.24) is 10.3 Å². The smallest absolute Gasteiger partial charge is 0.0410 e. The number of hydrogen-bond donors (Lipinski definition) is 1. The molecule has 1 atom stereocenters. The largest absolute Gasteiger partial charge is 0.310 e. The standard InChI is InChI=1S/C16H17ClN2S/c17-13-3-4-16-14(10-13)15(6-9-20-16)19-8-5-12-2-1-7-18-11-12/h1-4,7,10-11,15,19H,5-6,8-9H2. The van der Waals surface area contributed by atoms with E-state index in [0.717, 1.165) is 24.4 Å². The lowest BCUT2D eigenvalue weighted by Crippen LogP contribution is -2.26. The maximum absolute atomic E-state index is 6.13. The third kappa shape index (κ3) is 3.35. The molecule has 1 unspecified atom stereocenters. The molecule has 0 bridgehead atoms. The molecule has 0 spiro atoms. The molecule has 1 N–H and O–H groups in total. The van der Waals surface area contributed by atoms with E-state index in [-0.39, 0.29) is 0 Å². The van der Waals surface area contributed by atoms with Gasteiger partial charge in [-0.05, 0) is 60.5 Å². The summed E-state index contributed by atoms with van der Waals surface area (Å²) in [5, 5.41) is 4.48. The van der Waals surface area contributed by atoms with E-state index < -0.39 is 0 Å². The van der Waals surface area contributed by atoms with Gasteiger partial charge in [0.2, 0.25) is 0 Å². The summed E-state index contributed by atoms with van der Waals surface area (Å²) in [6.45, 7) is 0.965. The minimum atomic E-state index is 0.418. The van der Waals surface area contributed by atoms with Crippen LogP contribution in [0.5, 0.6) is 0 Å². The Bertz CT molecular complexity index is 574. The van der Waals surface area contributed by atoms with Gasteiger partial charge in [0.05, 0.1) is 0 Å². The molecule has 0 fully saturated rings. The number of rotatable bonds is 4. The molecule has 0 amide bonds. The van der Waals surface area contributed by atoms with Crippen LogP contribution in [-0.4, -0.2) is 17.3 Å². The lowest BCUT2D eigenvalue weighted by atomic mass is 10.0. The molecule has 20 heavy (non-hydrogen) atoms. The van der Waals surface area contributed by atoms with Crippen LogP contribution in [0.2, 0.25) is 5.02 Å². The summed E-state index contributed by atoms with van der Waals surface area (Å²) in [4.78, 5) is 5.51. The fourth-order valence-electron chi connectivity index (χ4n) is 2.51. The van der Waals surface area contributed by atoms with Crippen molar-refractivity contribution in [3.05, 3.63) is 58.9 Å². The van der Waals surface area contributed by atoms with E-state index in [1.807, 2.05) is 36.3 Å². The SMILES string of the molecule is Clc1ccc2c(c1)C(NCCc1cccnc1)CCS2. The molecule has 0 saturated carbocycles. The van der Waals surface area contributed by atoms with Crippen LogP contribution >= 0.6 is 23.4 Å². The zero-order valence-electron chi connectivity index (χ0n) is 11.2. The molecule has 104 valence electrons. The van der Waals surface area contributed by atoms with Crippen LogP contribution in [-0.2, 0) is 6.42 Å².